The van der Waals surface area contributed by atoms with E-state index in [9.17, 15) is 4.79 Å². The number of aryl methyl sites for hydroxylation is 1. The summed E-state index contributed by atoms with van der Waals surface area (Å²) in [7, 11) is 0. The van der Waals surface area contributed by atoms with Crippen LogP contribution < -0.4 is 10.1 Å². The molecule has 1 saturated heterocycles. The topological polar surface area (TPSA) is 102 Å². The molecule has 0 aromatic carbocycles. The molecule has 3 unspecified atom stereocenters. The van der Waals surface area contributed by atoms with Crippen molar-refractivity contribution in [2.45, 2.75) is 45.8 Å². The van der Waals surface area contributed by atoms with Crippen LogP contribution in [0.15, 0.2) is 16.8 Å². The first-order chi connectivity index (χ1) is 12.1. The molecule has 1 fully saturated rings. The fourth-order valence-electron chi connectivity index (χ4n) is 2.80. The molecule has 0 spiro atoms. The van der Waals surface area contributed by atoms with Crippen LogP contribution in [0, 0.1) is 12.8 Å². The summed E-state index contributed by atoms with van der Waals surface area (Å²) in [4.78, 5) is 12.3. The predicted octanol–water partition coefficient (Wildman–Crippen LogP) is 2.39. The molecule has 136 valence electrons. The lowest BCUT2D eigenvalue weighted by molar-refractivity contribution is 0.0924. The molecule has 3 rings (SSSR count). The zero-order valence-electron chi connectivity index (χ0n) is 14.7. The average Bonchev–Trinajstić information content (AvgIpc) is 3.34. The monoisotopic (exact) mass is 348 g/mol. The van der Waals surface area contributed by atoms with Gasteiger partial charge in [0.1, 0.15) is 17.6 Å². The van der Waals surface area contributed by atoms with Gasteiger partial charge in [0.2, 0.25) is 5.88 Å². The van der Waals surface area contributed by atoms with E-state index in [1.54, 1.807) is 12.3 Å². The van der Waals surface area contributed by atoms with Gasteiger partial charge in [0.25, 0.3) is 5.91 Å². The van der Waals surface area contributed by atoms with Gasteiger partial charge >= 0.3 is 0 Å². The van der Waals surface area contributed by atoms with Gasteiger partial charge in [-0.3, -0.25) is 9.89 Å². The zero-order chi connectivity index (χ0) is 17.8. The Balaban J connectivity index is 1.69. The van der Waals surface area contributed by atoms with Crippen LogP contribution in [0.3, 0.4) is 0 Å². The Morgan fingerprint density at radius 3 is 3.04 bits per heavy atom. The van der Waals surface area contributed by atoms with Gasteiger partial charge in [-0.1, -0.05) is 19.0 Å². The van der Waals surface area contributed by atoms with Crippen LogP contribution in [-0.2, 0) is 4.74 Å². The van der Waals surface area contributed by atoms with E-state index in [0.717, 1.165) is 24.2 Å². The van der Waals surface area contributed by atoms with E-state index in [1.165, 1.54) is 0 Å². The van der Waals surface area contributed by atoms with Gasteiger partial charge in [-0.05, 0) is 25.7 Å². The van der Waals surface area contributed by atoms with Crippen molar-refractivity contribution in [1.82, 2.24) is 20.7 Å². The summed E-state index contributed by atoms with van der Waals surface area (Å²) in [6, 6.07) is 1.66. The molecular formula is C17H24N4O4. The quantitative estimate of drug-likeness (QED) is 0.796. The summed E-state index contributed by atoms with van der Waals surface area (Å²) in [5.74, 6) is 1.13. The number of aromatic nitrogens is 3. The number of nitrogens with one attached hydrogen (secondary N) is 2. The van der Waals surface area contributed by atoms with E-state index in [0.29, 0.717) is 24.8 Å². The highest BCUT2D eigenvalue weighted by Crippen LogP contribution is 2.31. The van der Waals surface area contributed by atoms with Gasteiger partial charge in [-0.2, -0.15) is 0 Å². The molecule has 0 radical (unpaired) electrons. The van der Waals surface area contributed by atoms with Crippen molar-refractivity contribution >= 4 is 5.91 Å². The molecule has 0 saturated carbocycles. The van der Waals surface area contributed by atoms with Crippen LogP contribution in [0.1, 0.15) is 54.6 Å². The Hall–Kier alpha value is -2.35. The minimum atomic E-state index is -0.237. The molecule has 8 nitrogen and oxygen atoms in total. The summed E-state index contributed by atoms with van der Waals surface area (Å²) in [6.07, 6.45) is 3.19. The molecule has 25 heavy (non-hydrogen) atoms. The predicted molar refractivity (Wildman–Crippen MR) is 89.3 cm³/mol. The van der Waals surface area contributed by atoms with Crippen molar-refractivity contribution in [3.8, 4) is 5.88 Å². The number of carbonyl (C=O) groups excluding carboxylic acids is 1. The Bertz CT molecular complexity index is 705. The minimum absolute atomic E-state index is 0.0488. The first-order valence-corrected chi connectivity index (χ1v) is 8.60. The normalized spacial score (nSPS) is 19.6. The van der Waals surface area contributed by atoms with Crippen molar-refractivity contribution < 1.29 is 18.8 Å². The number of nitrogens with zero attached hydrogens (tertiary/aromatic N) is 2. The van der Waals surface area contributed by atoms with Crippen LogP contribution in [-0.4, -0.2) is 40.5 Å². The summed E-state index contributed by atoms with van der Waals surface area (Å²) in [6.45, 7) is 7.27. The number of hydrogen-bond acceptors (Lipinski definition) is 6. The number of ether oxygens (including phenoxy) is 2. The van der Waals surface area contributed by atoms with E-state index in [4.69, 9.17) is 14.0 Å². The van der Waals surface area contributed by atoms with E-state index in [-0.39, 0.29) is 24.0 Å². The average molecular weight is 348 g/mol. The molecule has 2 aromatic heterocycles. The fourth-order valence-corrected chi connectivity index (χ4v) is 2.80. The number of carbonyl (C=O) groups is 1. The molecule has 2 aromatic rings. The Kier molecular flexibility index (Phi) is 5.37. The van der Waals surface area contributed by atoms with Crippen molar-refractivity contribution in [1.29, 1.82) is 0 Å². The van der Waals surface area contributed by atoms with E-state index >= 15 is 0 Å². The molecule has 2 N–H and O–H groups in total. The Labute approximate surface area is 146 Å². The van der Waals surface area contributed by atoms with E-state index in [1.807, 2.05) is 6.92 Å². The lowest BCUT2D eigenvalue weighted by Crippen LogP contribution is -2.35. The highest BCUT2D eigenvalue weighted by Gasteiger charge is 2.26. The van der Waals surface area contributed by atoms with Gasteiger partial charge in [0, 0.05) is 12.7 Å². The molecule has 0 bridgehead atoms. The second-order valence-electron chi connectivity index (χ2n) is 6.42. The number of rotatable bonds is 7. The number of hydrogen-bond donors (Lipinski definition) is 2. The Morgan fingerprint density at radius 2 is 2.40 bits per heavy atom. The van der Waals surface area contributed by atoms with Gasteiger partial charge in [-0.25, -0.2) is 0 Å². The maximum atomic E-state index is 12.3. The van der Waals surface area contributed by atoms with Crippen molar-refractivity contribution in [3.05, 3.63) is 29.3 Å². The molecule has 1 amide bonds. The molecular weight excluding hydrogens is 324 g/mol. The molecule has 1 aliphatic rings. The van der Waals surface area contributed by atoms with Gasteiger partial charge in [0.15, 0.2) is 0 Å². The van der Waals surface area contributed by atoms with Crippen LogP contribution in [0.4, 0.5) is 0 Å². The first kappa shape index (κ1) is 17.5. The summed E-state index contributed by atoms with van der Waals surface area (Å²) in [5, 5.41) is 13.6. The second kappa shape index (κ2) is 7.69. The third-order valence-corrected chi connectivity index (χ3v) is 4.57. The SMILES string of the molecule is CCC(C)C(Oc1cc(C(=O)NC2CCOC2)[nH]n1)c1cnoc1C. The standard InChI is InChI=1S/C17H24N4O4/c1-4-10(2)16(13-8-18-25-11(13)3)24-15-7-14(20-21-15)17(22)19-12-5-6-23-9-12/h7-8,10,12,16H,4-6,9H2,1-3H3,(H,19,22)(H,20,21). The largest absolute Gasteiger partial charge is 0.468 e. The third kappa shape index (κ3) is 4.01. The highest BCUT2D eigenvalue weighted by atomic mass is 16.5. The summed E-state index contributed by atoms with van der Waals surface area (Å²) in [5.41, 5.74) is 1.26. The zero-order valence-corrected chi connectivity index (χ0v) is 14.7. The minimum Gasteiger partial charge on any atom is -0.468 e. The Morgan fingerprint density at radius 1 is 1.56 bits per heavy atom. The molecule has 0 aliphatic carbocycles. The van der Waals surface area contributed by atoms with Crippen LogP contribution in [0.2, 0.25) is 0 Å². The van der Waals surface area contributed by atoms with E-state index < -0.39 is 0 Å². The molecule has 3 heterocycles. The second-order valence-corrected chi connectivity index (χ2v) is 6.42. The van der Waals surface area contributed by atoms with Crippen LogP contribution in [0.5, 0.6) is 5.88 Å². The lowest BCUT2D eigenvalue weighted by atomic mass is 9.96. The lowest BCUT2D eigenvalue weighted by Gasteiger charge is -2.22. The summed E-state index contributed by atoms with van der Waals surface area (Å²) < 4.78 is 16.5. The van der Waals surface area contributed by atoms with Gasteiger partial charge in [0.05, 0.1) is 24.4 Å². The van der Waals surface area contributed by atoms with Gasteiger partial charge < -0.3 is 19.3 Å². The molecule has 8 heteroatoms. The maximum absolute atomic E-state index is 12.3. The number of H-pyrrole nitrogens is 1. The van der Waals surface area contributed by atoms with Crippen molar-refractivity contribution in [3.63, 3.8) is 0 Å². The van der Waals surface area contributed by atoms with E-state index in [2.05, 4.69) is 34.5 Å². The maximum Gasteiger partial charge on any atom is 0.269 e. The van der Waals surface area contributed by atoms with Crippen molar-refractivity contribution in [2.24, 2.45) is 5.92 Å². The van der Waals surface area contributed by atoms with Gasteiger partial charge in [-0.15, -0.1) is 5.10 Å². The van der Waals surface area contributed by atoms with Crippen molar-refractivity contribution in [2.75, 3.05) is 13.2 Å². The van der Waals surface area contributed by atoms with Crippen LogP contribution in [0.25, 0.3) is 0 Å². The third-order valence-electron chi connectivity index (χ3n) is 4.57. The fraction of sp³-hybridized carbons (Fsp3) is 0.588. The number of aromatic amines is 1. The highest BCUT2D eigenvalue weighted by molar-refractivity contribution is 5.92. The van der Waals surface area contributed by atoms with Crippen LogP contribution >= 0.6 is 0 Å². The molecule has 3 atom stereocenters. The molecule has 1 aliphatic heterocycles. The smallest absolute Gasteiger partial charge is 0.269 e. The summed E-state index contributed by atoms with van der Waals surface area (Å²) >= 11 is 0. The first-order valence-electron chi connectivity index (χ1n) is 8.60. The number of amides is 1.